The van der Waals surface area contributed by atoms with Gasteiger partial charge in [-0.25, -0.2) is 0 Å². The fraction of sp³-hybridized carbons (Fsp3) is 0.360. The molecule has 0 saturated heterocycles. The summed E-state index contributed by atoms with van der Waals surface area (Å²) in [7, 11) is 0. The van der Waals surface area contributed by atoms with Crippen LogP contribution in [0.5, 0.6) is 11.5 Å². The van der Waals surface area contributed by atoms with E-state index in [0.717, 1.165) is 16.8 Å². The third-order valence-electron chi connectivity index (χ3n) is 5.54. The number of carbonyl (C=O) groups is 1. The summed E-state index contributed by atoms with van der Waals surface area (Å²) in [5.41, 5.74) is 4.83. The fourth-order valence-corrected chi connectivity index (χ4v) is 4.27. The summed E-state index contributed by atoms with van der Waals surface area (Å²) in [4.78, 5) is 14.5. The van der Waals surface area contributed by atoms with E-state index in [1.54, 1.807) is 6.92 Å². The van der Waals surface area contributed by atoms with Gasteiger partial charge in [0.1, 0.15) is 6.61 Å². The number of thiocarbonyl (C=S) groups is 1. The van der Waals surface area contributed by atoms with Crippen molar-refractivity contribution in [2.24, 2.45) is 0 Å². The number of hydrogen-bond acceptors (Lipinski definition) is 4. The van der Waals surface area contributed by atoms with E-state index < -0.39 is 0 Å². The summed E-state index contributed by atoms with van der Waals surface area (Å²) in [5.74, 6) is 1.35. The number of nitrogens with zero attached hydrogens (tertiary/aromatic N) is 1. The van der Waals surface area contributed by atoms with Crippen molar-refractivity contribution < 1.29 is 14.3 Å². The number of ketones is 1. The molecular formula is C25H30N2O3S. The zero-order valence-electron chi connectivity index (χ0n) is 18.8. The number of hydrogen-bond donors (Lipinski definition) is 1. The van der Waals surface area contributed by atoms with Crippen LogP contribution in [-0.2, 0) is 11.4 Å². The molecule has 2 aromatic rings. The maximum atomic E-state index is 12.5. The Morgan fingerprint density at radius 1 is 1.10 bits per heavy atom. The van der Waals surface area contributed by atoms with Crippen LogP contribution < -0.4 is 14.8 Å². The second kappa shape index (κ2) is 9.96. The monoisotopic (exact) mass is 438 g/mol. The van der Waals surface area contributed by atoms with E-state index in [4.69, 9.17) is 21.7 Å². The molecule has 6 heteroatoms. The van der Waals surface area contributed by atoms with Crippen molar-refractivity contribution in [3.63, 3.8) is 0 Å². The highest BCUT2D eigenvalue weighted by molar-refractivity contribution is 7.80. The van der Waals surface area contributed by atoms with Crippen molar-refractivity contribution in [3.8, 4) is 11.5 Å². The Bertz CT molecular complexity index is 1020. The molecule has 1 atom stereocenters. The van der Waals surface area contributed by atoms with Gasteiger partial charge in [0.05, 0.1) is 12.6 Å². The fourth-order valence-electron chi connectivity index (χ4n) is 3.89. The summed E-state index contributed by atoms with van der Waals surface area (Å²) < 4.78 is 12.0. The predicted octanol–water partition coefficient (Wildman–Crippen LogP) is 5.09. The van der Waals surface area contributed by atoms with E-state index in [-0.39, 0.29) is 11.8 Å². The number of nitrogens with one attached hydrogen (secondary N) is 1. The minimum atomic E-state index is -0.322. The molecule has 1 N–H and O–H groups in total. The third-order valence-corrected chi connectivity index (χ3v) is 5.88. The molecule has 0 aliphatic carbocycles. The minimum Gasteiger partial charge on any atom is -0.490 e. The van der Waals surface area contributed by atoms with E-state index in [2.05, 4.69) is 24.4 Å². The molecule has 1 aliphatic rings. The lowest BCUT2D eigenvalue weighted by atomic mass is 9.92. The van der Waals surface area contributed by atoms with Crippen LogP contribution in [0.2, 0.25) is 0 Å². The number of aryl methyl sites for hydroxylation is 1. The normalized spacial score (nSPS) is 16.2. The largest absolute Gasteiger partial charge is 0.490 e. The molecule has 0 radical (unpaired) electrons. The van der Waals surface area contributed by atoms with Gasteiger partial charge in [0.15, 0.2) is 22.4 Å². The molecule has 5 nitrogen and oxygen atoms in total. The molecule has 31 heavy (non-hydrogen) atoms. The van der Waals surface area contributed by atoms with Gasteiger partial charge < -0.3 is 19.7 Å². The lowest BCUT2D eigenvalue weighted by molar-refractivity contribution is -0.114. The van der Waals surface area contributed by atoms with Crippen LogP contribution in [0.3, 0.4) is 0 Å². The molecule has 1 heterocycles. The first-order valence-electron chi connectivity index (χ1n) is 10.6. The molecular weight excluding hydrogens is 408 g/mol. The van der Waals surface area contributed by atoms with Crippen LogP contribution in [0.4, 0.5) is 0 Å². The summed E-state index contributed by atoms with van der Waals surface area (Å²) in [6, 6.07) is 13.6. The van der Waals surface area contributed by atoms with Crippen LogP contribution in [0, 0.1) is 6.92 Å². The lowest BCUT2D eigenvalue weighted by Crippen LogP contribution is -2.47. The highest BCUT2D eigenvalue weighted by atomic mass is 32.1. The second-order valence-corrected chi connectivity index (χ2v) is 7.92. The second-order valence-electron chi connectivity index (χ2n) is 7.54. The molecule has 0 saturated carbocycles. The van der Waals surface area contributed by atoms with Crippen molar-refractivity contribution in [1.82, 2.24) is 10.2 Å². The Kier molecular flexibility index (Phi) is 7.33. The van der Waals surface area contributed by atoms with E-state index in [1.807, 2.05) is 56.0 Å². The number of benzene rings is 2. The number of ether oxygens (including phenoxy) is 2. The van der Waals surface area contributed by atoms with Crippen LogP contribution in [-0.4, -0.2) is 28.9 Å². The van der Waals surface area contributed by atoms with Gasteiger partial charge in [0, 0.05) is 17.8 Å². The maximum absolute atomic E-state index is 12.5. The Labute approximate surface area is 190 Å². The van der Waals surface area contributed by atoms with Gasteiger partial charge in [0.25, 0.3) is 0 Å². The standard InChI is InChI=1S/C25H30N2O3S/c1-6-27-17(4)23(18(5)28)24(26-25(27)31)19-12-13-21(22(14-19)29-7-2)30-15-20-11-9-8-10-16(20)3/h8-14,24H,6-7,15H2,1-5H3,(H,26,31). The van der Waals surface area contributed by atoms with Crippen LogP contribution in [0.15, 0.2) is 53.7 Å². The van der Waals surface area contributed by atoms with E-state index in [9.17, 15) is 4.79 Å². The van der Waals surface area contributed by atoms with Crippen molar-refractivity contribution in [3.05, 3.63) is 70.4 Å². The Morgan fingerprint density at radius 3 is 2.48 bits per heavy atom. The van der Waals surface area contributed by atoms with E-state index in [1.165, 1.54) is 5.56 Å². The Hall–Kier alpha value is -2.86. The van der Waals surface area contributed by atoms with E-state index >= 15 is 0 Å². The summed E-state index contributed by atoms with van der Waals surface area (Å²) >= 11 is 5.55. The van der Waals surface area contributed by atoms with Gasteiger partial charge in [-0.05, 0) is 75.7 Å². The number of allylic oxidation sites excluding steroid dienone is 1. The first-order valence-corrected chi connectivity index (χ1v) is 11.0. The maximum Gasteiger partial charge on any atom is 0.173 e. The Balaban J connectivity index is 1.94. The smallest absolute Gasteiger partial charge is 0.173 e. The molecule has 1 aliphatic heterocycles. The SMILES string of the molecule is CCOc1cc(C2NC(=S)N(CC)C(C)=C2C(C)=O)ccc1OCc1ccccc1C. The summed E-state index contributed by atoms with van der Waals surface area (Å²) in [6.45, 7) is 11.2. The first-order chi connectivity index (χ1) is 14.9. The topological polar surface area (TPSA) is 50.8 Å². The molecule has 164 valence electrons. The van der Waals surface area contributed by atoms with Crippen molar-refractivity contribution in [1.29, 1.82) is 0 Å². The first kappa shape index (κ1) is 22.8. The third kappa shape index (κ3) is 4.90. The average molecular weight is 439 g/mol. The van der Waals surface area contributed by atoms with Crippen molar-refractivity contribution >= 4 is 23.1 Å². The predicted molar refractivity (Wildman–Crippen MR) is 127 cm³/mol. The molecule has 0 bridgehead atoms. The summed E-state index contributed by atoms with van der Waals surface area (Å²) in [6.07, 6.45) is 0. The van der Waals surface area contributed by atoms with Crippen LogP contribution in [0.25, 0.3) is 0 Å². The number of Topliss-reactive ketones (excluding diaryl/α,β-unsaturated/α-hetero) is 1. The Morgan fingerprint density at radius 2 is 1.84 bits per heavy atom. The average Bonchev–Trinajstić information content (AvgIpc) is 2.73. The lowest BCUT2D eigenvalue weighted by Gasteiger charge is -2.37. The highest BCUT2D eigenvalue weighted by Gasteiger charge is 2.32. The number of carbonyl (C=O) groups excluding carboxylic acids is 1. The van der Waals surface area contributed by atoms with Gasteiger partial charge >= 0.3 is 0 Å². The molecule has 3 rings (SSSR count). The zero-order valence-corrected chi connectivity index (χ0v) is 19.6. The molecule has 0 spiro atoms. The molecule has 2 aromatic carbocycles. The van der Waals surface area contributed by atoms with Gasteiger partial charge in [-0.1, -0.05) is 30.3 Å². The summed E-state index contributed by atoms with van der Waals surface area (Å²) in [5, 5.41) is 3.95. The van der Waals surface area contributed by atoms with Crippen molar-refractivity contribution in [2.75, 3.05) is 13.2 Å². The van der Waals surface area contributed by atoms with Gasteiger partial charge in [-0.15, -0.1) is 0 Å². The van der Waals surface area contributed by atoms with Gasteiger partial charge in [0.2, 0.25) is 0 Å². The van der Waals surface area contributed by atoms with Crippen molar-refractivity contribution in [2.45, 2.75) is 47.3 Å². The van der Waals surface area contributed by atoms with Gasteiger partial charge in [-0.2, -0.15) is 0 Å². The quantitative estimate of drug-likeness (QED) is 0.580. The minimum absolute atomic E-state index is 0.0220. The van der Waals surface area contributed by atoms with E-state index in [0.29, 0.717) is 41.9 Å². The molecule has 0 amide bonds. The zero-order chi connectivity index (χ0) is 22.5. The molecule has 1 unspecified atom stereocenters. The van der Waals surface area contributed by atoms with Gasteiger partial charge in [-0.3, -0.25) is 4.79 Å². The van der Waals surface area contributed by atoms with Crippen LogP contribution >= 0.6 is 12.2 Å². The van der Waals surface area contributed by atoms with Crippen LogP contribution in [0.1, 0.15) is 50.4 Å². The molecule has 0 fully saturated rings. The molecule has 0 aromatic heterocycles. The number of rotatable bonds is 8. The highest BCUT2D eigenvalue weighted by Crippen LogP contribution is 2.36.